The number of rotatable bonds is 2. The Morgan fingerprint density at radius 2 is 1.67 bits per heavy atom. The van der Waals surface area contributed by atoms with E-state index in [1.54, 1.807) is 31.3 Å². The number of para-hydroxylation sites is 1. The number of aryl methyl sites for hydroxylation is 1. The molecule has 3 rings (SSSR count). The van der Waals surface area contributed by atoms with Crippen LogP contribution in [-0.2, 0) is 18.2 Å². The number of fused-ring (bicyclic) bond motifs is 1. The Kier molecular flexibility index (Phi) is 3.76. The topological polar surface area (TPSA) is 45.1 Å². The molecule has 0 N–H and O–H groups in total. The summed E-state index contributed by atoms with van der Waals surface area (Å²) >= 11 is 4.76. The Morgan fingerprint density at radius 1 is 1.05 bits per heavy atom. The van der Waals surface area contributed by atoms with Gasteiger partial charge in [-0.3, -0.25) is 4.79 Å². The van der Waals surface area contributed by atoms with Crippen LogP contribution in [0.5, 0.6) is 0 Å². The fraction of sp³-hybridized carbons (Fsp3) is 0.0625. The average Bonchev–Trinajstić information content (AvgIpc) is 2.53. The van der Waals surface area contributed by atoms with E-state index in [9.17, 15) is 9.35 Å². The molecule has 0 fully saturated rings. The summed E-state index contributed by atoms with van der Waals surface area (Å²) in [4.78, 5) is 13.2. The number of halogens is 1. The molecular weight excluding hydrogens is 306 g/mol. The molecule has 21 heavy (non-hydrogen) atoms. The monoisotopic (exact) mass is 317 g/mol. The van der Waals surface area contributed by atoms with Crippen molar-refractivity contribution in [2.45, 2.75) is 9.79 Å². The summed E-state index contributed by atoms with van der Waals surface area (Å²) in [5.74, 6) is 0. The molecule has 0 saturated carbocycles. The van der Waals surface area contributed by atoms with Crippen LogP contribution in [0.2, 0.25) is 5.02 Å². The van der Waals surface area contributed by atoms with Gasteiger partial charge in [-0.2, -0.15) is 0 Å². The van der Waals surface area contributed by atoms with Crippen molar-refractivity contribution in [1.29, 1.82) is 0 Å². The van der Waals surface area contributed by atoms with Gasteiger partial charge >= 0.3 is 5.56 Å². The fourth-order valence-electron chi connectivity index (χ4n) is 2.25. The summed E-state index contributed by atoms with van der Waals surface area (Å²) in [5.41, 5.74) is 0.391. The summed E-state index contributed by atoms with van der Waals surface area (Å²) in [6.45, 7) is 0. The maximum Gasteiger partial charge on any atom is 0.308 e. The first-order valence-corrected chi connectivity index (χ1v) is 7.88. The van der Waals surface area contributed by atoms with Gasteiger partial charge in [0.15, 0.2) is 4.90 Å². The summed E-state index contributed by atoms with van der Waals surface area (Å²) in [5, 5.41) is 0.983. The van der Waals surface area contributed by atoms with Crippen LogP contribution in [0.15, 0.2) is 69.2 Å². The summed E-state index contributed by atoms with van der Waals surface area (Å²) in [6.07, 6.45) is 0. The minimum atomic E-state index is -1.60. The molecule has 1 atom stereocenters. The molecule has 3 nitrogen and oxygen atoms in total. The highest BCUT2D eigenvalue weighted by Gasteiger charge is 2.26. The minimum absolute atomic E-state index is 0.129. The first-order valence-electron chi connectivity index (χ1n) is 6.35. The van der Waals surface area contributed by atoms with Gasteiger partial charge in [0.05, 0.1) is 5.52 Å². The van der Waals surface area contributed by atoms with Gasteiger partial charge in [-0.15, -0.1) is 0 Å². The lowest BCUT2D eigenvalue weighted by molar-refractivity contribution is 0.593. The lowest BCUT2D eigenvalue weighted by atomic mass is 10.2. The first kappa shape index (κ1) is 14.2. The van der Waals surface area contributed by atoms with Gasteiger partial charge in [0.1, 0.15) is 5.02 Å². The van der Waals surface area contributed by atoms with E-state index in [0.717, 1.165) is 10.9 Å². The molecule has 2 aromatic carbocycles. The molecule has 1 heterocycles. The SMILES string of the molecule is Cn1c(=O)c([S+]([O-])c2ccccc2)c(Cl)c2ccccc21. The van der Waals surface area contributed by atoms with E-state index in [-0.39, 0.29) is 15.5 Å². The quantitative estimate of drug-likeness (QED) is 0.680. The van der Waals surface area contributed by atoms with E-state index >= 15 is 0 Å². The molecule has 0 aliphatic rings. The Bertz CT molecular complexity index is 861. The van der Waals surface area contributed by atoms with E-state index in [0.29, 0.717) is 4.90 Å². The van der Waals surface area contributed by atoms with Crippen molar-refractivity contribution in [2.75, 3.05) is 0 Å². The maximum absolute atomic E-state index is 12.7. The molecule has 1 unspecified atom stereocenters. The van der Waals surface area contributed by atoms with Crippen LogP contribution >= 0.6 is 11.6 Å². The van der Waals surface area contributed by atoms with Crippen molar-refractivity contribution in [1.82, 2.24) is 4.57 Å². The Morgan fingerprint density at radius 3 is 2.38 bits per heavy atom. The number of hydrogen-bond acceptors (Lipinski definition) is 2. The largest absolute Gasteiger partial charge is 0.606 e. The molecule has 0 saturated heterocycles. The molecule has 0 aliphatic carbocycles. The third kappa shape index (κ3) is 2.35. The van der Waals surface area contributed by atoms with E-state index < -0.39 is 11.2 Å². The van der Waals surface area contributed by atoms with Gasteiger partial charge in [0.25, 0.3) is 0 Å². The zero-order chi connectivity index (χ0) is 15.0. The van der Waals surface area contributed by atoms with Crippen LogP contribution in [0.25, 0.3) is 10.9 Å². The summed E-state index contributed by atoms with van der Waals surface area (Å²) in [6, 6.07) is 16.2. The minimum Gasteiger partial charge on any atom is -0.606 e. The van der Waals surface area contributed by atoms with Gasteiger partial charge in [0, 0.05) is 23.6 Å². The number of benzene rings is 2. The van der Waals surface area contributed by atoms with Gasteiger partial charge < -0.3 is 9.12 Å². The standard InChI is InChI=1S/C16H12ClNO2S/c1-18-13-10-6-5-9-12(13)14(17)15(16(18)19)21(20)11-7-3-2-4-8-11/h2-10H,1H3. The van der Waals surface area contributed by atoms with Crippen LogP contribution in [-0.4, -0.2) is 9.12 Å². The predicted octanol–water partition coefficient (Wildman–Crippen LogP) is 3.36. The third-order valence-electron chi connectivity index (χ3n) is 3.34. The summed E-state index contributed by atoms with van der Waals surface area (Å²) in [7, 11) is 1.66. The molecule has 106 valence electrons. The van der Waals surface area contributed by atoms with Crippen molar-refractivity contribution in [3.8, 4) is 0 Å². The molecule has 0 aliphatic heterocycles. The molecule has 0 bridgehead atoms. The zero-order valence-electron chi connectivity index (χ0n) is 11.2. The van der Waals surface area contributed by atoms with Gasteiger partial charge in [-0.1, -0.05) is 48.0 Å². The van der Waals surface area contributed by atoms with Crippen LogP contribution < -0.4 is 5.56 Å². The van der Waals surface area contributed by atoms with Crippen molar-refractivity contribution in [3.05, 3.63) is 70.0 Å². The molecule has 0 spiro atoms. The predicted molar refractivity (Wildman–Crippen MR) is 85.3 cm³/mol. The van der Waals surface area contributed by atoms with Crippen molar-refractivity contribution >= 4 is 33.7 Å². The van der Waals surface area contributed by atoms with Crippen molar-refractivity contribution in [3.63, 3.8) is 0 Å². The maximum atomic E-state index is 12.7. The van der Waals surface area contributed by atoms with Crippen LogP contribution in [0, 0.1) is 0 Å². The van der Waals surface area contributed by atoms with Crippen LogP contribution in [0.3, 0.4) is 0 Å². The van der Waals surface area contributed by atoms with E-state index in [2.05, 4.69) is 0 Å². The number of hydrogen-bond donors (Lipinski definition) is 0. The van der Waals surface area contributed by atoms with Crippen molar-refractivity contribution < 1.29 is 4.55 Å². The highest BCUT2D eigenvalue weighted by Crippen LogP contribution is 2.30. The van der Waals surface area contributed by atoms with Crippen molar-refractivity contribution in [2.24, 2.45) is 7.05 Å². The average molecular weight is 318 g/mol. The second-order valence-electron chi connectivity index (χ2n) is 4.61. The van der Waals surface area contributed by atoms with Crippen LogP contribution in [0.1, 0.15) is 0 Å². The molecule has 0 amide bonds. The molecule has 0 radical (unpaired) electrons. The molecular formula is C16H12ClNO2S. The second kappa shape index (κ2) is 5.56. The Balaban J connectivity index is 2.31. The lowest BCUT2D eigenvalue weighted by Gasteiger charge is -2.14. The Hall–Kier alpha value is -1.75. The number of pyridine rings is 1. The Labute approximate surface area is 130 Å². The van der Waals surface area contributed by atoms with Gasteiger partial charge in [0.2, 0.25) is 4.90 Å². The van der Waals surface area contributed by atoms with Gasteiger partial charge in [-0.25, -0.2) is 0 Å². The normalized spacial score (nSPS) is 12.5. The number of aromatic nitrogens is 1. The summed E-state index contributed by atoms with van der Waals surface area (Å²) < 4.78 is 14.2. The van der Waals surface area contributed by atoms with Gasteiger partial charge in [-0.05, 0) is 18.2 Å². The highest BCUT2D eigenvalue weighted by atomic mass is 35.5. The molecule has 1 aromatic heterocycles. The van der Waals surface area contributed by atoms with Crippen LogP contribution in [0.4, 0.5) is 0 Å². The van der Waals surface area contributed by atoms with E-state index in [4.69, 9.17) is 11.6 Å². The lowest BCUT2D eigenvalue weighted by Crippen LogP contribution is -2.25. The van der Waals surface area contributed by atoms with E-state index in [1.165, 1.54) is 4.57 Å². The fourth-order valence-corrected chi connectivity index (χ4v) is 3.91. The molecule has 3 aromatic rings. The second-order valence-corrected chi connectivity index (χ2v) is 6.40. The first-order chi connectivity index (χ1) is 10.1. The van der Waals surface area contributed by atoms with E-state index in [1.807, 2.05) is 30.3 Å². The highest BCUT2D eigenvalue weighted by molar-refractivity contribution is 7.91. The third-order valence-corrected chi connectivity index (χ3v) is 5.30. The molecule has 5 heteroatoms. The smallest absolute Gasteiger partial charge is 0.308 e. The number of nitrogens with zero attached hydrogens (tertiary/aromatic N) is 1. The zero-order valence-corrected chi connectivity index (χ0v) is 12.8.